The Morgan fingerprint density at radius 2 is 0.568 bits per heavy atom. The molecule has 0 amide bonds. The van der Waals surface area contributed by atoms with E-state index in [2.05, 4.69) is 167 Å². The monoisotopic (exact) mass is 1120 g/mol. The van der Waals surface area contributed by atoms with Gasteiger partial charge >= 0.3 is 0 Å². The topological polar surface area (TPSA) is 131 Å². The average molecular weight is 1120 g/mol. The molecule has 15 aromatic rings. The Morgan fingerprint density at radius 3 is 0.977 bits per heavy atom. The maximum atomic E-state index is 10.00. The molecule has 3 heterocycles. The van der Waals surface area contributed by atoms with E-state index in [4.69, 9.17) is 9.97 Å². The van der Waals surface area contributed by atoms with Crippen molar-refractivity contribution in [1.29, 1.82) is 21.0 Å². The van der Waals surface area contributed by atoms with E-state index in [1.54, 1.807) is 0 Å². The Bertz CT molecular complexity index is 5220. The highest BCUT2D eigenvalue weighted by atomic mass is 15.0. The van der Waals surface area contributed by atoms with E-state index in [0.29, 0.717) is 28.1 Å². The summed E-state index contributed by atoms with van der Waals surface area (Å²) >= 11 is 0. The summed E-state index contributed by atoms with van der Waals surface area (Å²) in [6.07, 6.45) is 0. The van der Waals surface area contributed by atoms with Crippen molar-refractivity contribution >= 4 is 43.6 Å². The van der Waals surface area contributed by atoms with Crippen LogP contribution in [0.25, 0.3) is 145 Å². The fraction of sp³-hybridized carbons (Fsp3) is 0. The second-order valence-corrected chi connectivity index (χ2v) is 21.8. The zero-order chi connectivity index (χ0) is 59.2. The normalized spacial score (nSPS) is 11.1. The van der Waals surface area contributed by atoms with E-state index in [0.717, 1.165) is 139 Å². The summed E-state index contributed by atoms with van der Waals surface area (Å²) < 4.78 is 4.73. The number of nitrogens with zero attached hydrogens (tertiary/aromatic N) is 8. The van der Waals surface area contributed by atoms with E-state index in [-0.39, 0.29) is 0 Å². The quantitative estimate of drug-likeness (QED) is 0.134. The molecule has 0 aliphatic rings. The van der Waals surface area contributed by atoms with Gasteiger partial charge in [0.15, 0.2) is 5.82 Å². The van der Waals surface area contributed by atoms with Gasteiger partial charge in [-0.3, -0.25) is 0 Å². The minimum absolute atomic E-state index is 0.582. The standard InChI is InChI=1S/C80H46N8/c81-47-51-13-9-21-57(37-51)61-27-32-76-68(41-61)69-42-62(58-22-10-14-52(38-58)48-82)28-33-77(69)87(76)74-26-8-7-25-66(74)67-45-65(73-46-72(55-17-3-1-4-18-55)85-80(86-73)56-19-5-2-6-20-56)31-36-75(67)88-78-34-29-63(59-23-11-15-53(39-59)49-83)43-70(78)71-44-64(30-35-79(71)88)60-24-12-16-54(40-60)50-84/h1-46H. The highest BCUT2D eigenvalue weighted by molar-refractivity contribution is 6.14. The highest BCUT2D eigenvalue weighted by Crippen LogP contribution is 2.45. The number of para-hydroxylation sites is 1. The summed E-state index contributed by atoms with van der Waals surface area (Å²) in [4.78, 5) is 10.6. The van der Waals surface area contributed by atoms with Gasteiger partial charge in [0.25, 0.3) is 0 Å². The van der Waals surface area contributed by atoms with Crippen LogP contribution in [0.3, 0.4) is 0 Å². The molecular weight excluding hydrogens is 1070 g/mol. The molecule has 0 radical (unpaired) electrons. The average Bonchev–Trinajstić information content (AvgIpc) is 1.63. The van der Waals surface area contributed by atoms with Gasteiger partial charge in [0, 0.05) is 49.4 Å². The molecule has 0 saturated carbocycles. The highest BCUT2D eigenvalue weighted by Gasteiger charge is 2.24. The van der Waals surface area contributed by atoms with E-state index in [1.807, 2.05) is 146 Å². The first-order valence-corrected chi connectivity index (χ1v) is 28.8. The van der Waals surface area contributed by atoms with Crippen molar-refractivity contribution in [1.82, 2.24) is 19.1 Å². The van der Waals surface area contributed by atoms with Crippen LogP contribution in [0.4, 0.5) is 0 Å². The van der Waals surface area contributed by atoms with Crippen molar-refractivity contribution in [2.45, 2.75) is 0 Å². The van der Waals surface area contributed by atoms with E-state index in [9.17, 15) is 21.0 Å². The SMILES string of the molecule is N#Cc1cccc(-c2ccc3c(c2)c2cc(-c4cccc(C#N)c4)ccc2n3-c2ccccc2-c2cc(-c3cc(-c4ccccc4)nc(-c4ccccc4)n3)ccc2-n2c3ccc(-c4cccc(C#N)c4)cc3c3cc(-c4cccc(C#N)c4)ccc32)c1. The molecule has 0 fully saturated rings. The lowest BCUT2D eigenvalue weighted by Gasteiger charge is -2.20. The molecule has 0 N–H and O–H groups in total. The number of hydrogen-bond donors (Lipinski definition) is 0. The van der Waals surface area contributed by atoms with Gasteiger partial charge in [-0.25, -0.2) is 9.97 Å². The summed E-state index contributed by atoms with van der Waals surface area (Å²) in [5, 5.41) is 44.0. The van der Waals surface area contributed by atoms with Crippen molar-refractivity contribution in [3.05, 3.63) is 301 Å². The first kappa shape index (κ1) is 52.1. The fourth-order valence-corrected chi connectivity index (χ4v) is 12.4. The van der Waals surface area contributed by atoms with Gasteiger partial charge in [-0.2, -0.15) is 21.0 Å². The fourth-order valence-electron chi connectivity index (χ4n) is 12.4. The molecule has 0 spiro atoms. The molecule has 8 nitrogen and oxygen atoms in total. The van der Waals surface area contributed by atoms with Crippen LogP contribution in [-0.2, 0) is 0 Å². The summed E-state index contributed by atoms with van der Waals surface area (Å²) in [5.74, 6) is 0.611. The number of benzene rings is 12. The smallest absolute Gasteiger partial charge is 0.160 e. The molecule has 0 bridgehead atoms. The molecule has 0 saturated heterocycles. The minimum atomic E-state index is 0.582. The third-order valence-electron chi connectivity index (χ3n) is 16.6. The van der Waals surface area contributed by atoms with Crippen LogP contribution in [0.1, 0.15) is 22.3 Å². The van der Waals surface area contributed by atoms with E-state index in [1.165, 1.54) is 0 Å². The largest absolute Gasteiger partial charge is 0.309 e. The molecule has 15 rings (SSSR count). The van der Waals surface area contributed by atoms with Crippen molar-refractivity contribution in [2.24, 2.45) is 0 Å². The molecule has 0 unspecified atom stereocenters. The van der Waals surface area contributed by atoms with Crippen LogP contribution < -0.4 is 0 Å². The van der Waals surface area contributed by atoms with Crippen LogP contribution in [0, 0.1) is 45.3 Å². The zero-order valence-electron chi connectivity index (χ0n) is 47.1. The van der Waals surface area contributed by atoms with Crippen LogP contribution in [0.2, 0.25) is 0 Å². The summed E-state index contributed by atoms with van der Waals surface area (Å²) in [6.45, 7) is 0. The second-order valence-electron chi connectivity index (χ2n) is 21.8. The maximum absolute atomic E-state index is 10.00. The molecule has 8 heteroatoms. The molecule has 12 aromatic carbocycles. The van der Waals surface area contributed by atoms with Crippen molar-refractivity contribution in [3.8, 4) is 125 Å². The lowest BCUT2D eigenvalue weighted by molar-refractivity contribution is 1.16. The number of nitriles is 4. The third-order valence-corrected chi connectivity index (χ3v) is 16.6. The maximum Gasteiger partial charge on any atom is 0.160 e. The zero-order valence-corrected chi connectivity index (χ0v) is 47.1. The lowest BCUT2D eigenvalue weighted by atomic mass is 9.96. The Labute approximate surface area is 507 Å². The van der Waals surface area contributed by atoms with Crippen LogP contribution >= 0.6 is 0 Å². The van der Waals surface area contributed by atoms with Crippen molar-refractivity contribution < 1.29 is 0 Å². The summed E-state index contributed by atoms with van der Waals surface area (Å²) in [7, 11) is 0. The summed E-state index contributed by atoms with van der Waals surface area (Å²) in [5.41, 5.74) is 22.0. The molecular formula is C80H46N8. The van der Waals surface area contributed by atoms with Crippen molar-refractivity contribution in [2.75, 3.05) is 0 Å². The van der Waals surface area contributed by atoms with Crippen LogP contribution in [0.5, 0.6) is 0 Å². The first-order chi connectivity index (χ1) is 43.4. The number of rotatable bonds is 10. The second kappa shape index (κ2) is 21.8. The van der Waals surface area contributed by atoms with Gasteiger partial charge in [-0.1, -0.05) is 158 Å². The Kier molecular flexibility index (Phi) is 12.9. The summed E-state index contributed by atoms with van der Waals surface area (Å²) in [6, 6.07) is 104. The van der Waals surface area contributed by atoms with Crippen LogP contribution in [-0.4, -0.2) is 19.1 Å². The van der Waals surface area contributed by atoms with Gasteiger partial charge in [0.1, 0.15) is 0 Å². The first-order valence-electron chi connectivity index (χ1n) is 28.8. The predicted molar refractivity (Wildman–Crippen MR) is 353 cm³/mol. The van der Waals surface area contributed by atoms with Crippen LogP contribution in [0.15, 0.2) is 279 Å². The molecule has 88 heavy (non-hydrogen) atoms. The van der Waals surface area contributed by atoms with Gasteiger partial charge in [0.05, 0.1) is 91.4 Å². The molecule has 406 valence electrons. The lowest BCUT2D eigenvalue weighted by Crippen LogP contribution is -2.02. The minimum Gasteiger partial charge on any atom is -0.309 e. The van der Waals surface area contributed by atoms with E-state index < -0.39 is 0 Å². The number of aromatic nitrogens is 4. The predicted octanol–water partition coefficient (Wildman–Crippen LogP) is 19.5. The van der Waals surface area contributed by atoms with Gasteiger partial charge in [-0.05, 0) is 166 Å². The van der Waals surface area contributed by atoms with Gasteiger partial charge in [0.2, 0.25) is 0 Å². The molecule has 0 aliphatic carbocycles. The van der Waals surface area contributed by atoms with Crippen molar-refractivity contribution in [3.63, 3.8) is 0 Å². The molecule has 0 atom stereocenters. The van der Waals surface area contributed by atoms with Gasteiger partial charge in [-0.15, -0.1) is 0 Å². The number of fused-ring (bicyclic) bond motifs is 6. The molecule has 3 aromatic heterocycles. The molecule has 0 aliphatic heterocycles. The number of hydrogen-bond acceptors (Lipinski definition) is 6. The Hall–Kier alpha value is -12.7. The van der Waals surface area contributed by atoms with Gasteiger partial charge < -0.3 is 9.13 Å². The Balaban J connectivity index is 1.02. The van der Waals surface area contributed by atoms with E-state index >= 15 is 0 Å². The third kappa shape index (κ3) is 9.26. The Morgan fingerprint density at radius 1 is 0.239 bits per heavy atom.